The second-order valence-corrected chi connectivity index (χ2v) is 6.47. The van der Waals surface area contributed by atoms with Crippen LogP contribution in [-0.4, -0.2) is 40.0 Å². The van der Waals surface area contributed by atoms with E-state index in [4.69, 9.17) is 0 Å². The van der Waals surface area contributed by atoms with Crippen LogP contribution in [0.5, 0.6) is 0 Å². The van der Waals surface area contributed by atoms with E-state index in [9.17, 15) is 0 Å². The van der Waals surface area contributed by atoms with E-state index in [1.54, 1.807) is 34.4 Å². The quantitative estimate of drug-likeness (QED) is 0.750. The summed E-state index contributed by atoms with van der Waals surface area (Å²) in [5, 5.41) is 13.7. The van der Waals surface area contributed by atoms with Crippen molar-refractivity contribution >= 4 is 35.3 Å². The molecule has 0 fully saturated rings. The molecule has 2 aromatic heterocycles. The lowest BCUT2D eigenvalue weighted by atomic mass is 10.4. The average Bonchev–Trinajstić information content (AvgIpc) is 2.92. The highest BCUT2D eigenvalue weighted by Crippen LogP contribution is 2.25. The summed E-state index contributed by atoms with van der Waals surface area (Å²) in [5.74, 6) is 1.03. The van der Waals surface area contributed by atoms with Gasteiger partial charge in [0.2, 0.25) is 5.16 Å². The number of nitrogens with zero attached hydrogens (tertiary/aromatic N) is 6. The zero-order valence-corrected chi connectivity index (χ0v) is 11.9. The first-order valence-electron chi connectivity index (χ1n) is 5.05. The van der Waals surface area contributed by atoms with Gasteiger partial charge in [0.25, 0.3) is 0 Å². The zero-order valence-electron chi connectivity index (χ0n) is 9.48. The second kappa shape index (κ2) is 6.31. The lowest BCUT2D eigenvalue weighted by molar-refractivity contribution is 0.663. The second-order valence-electron chi connectivity index (χ2n) is 3.40. The van der Waals surface area contributed by atoms with Gasteiger partial charge in [0.05, 0.1) is 17.9 Å². The number of hydrogen-bond acceptors (Lipinski definition) is 8. The summed E-state index contributed by atoms with van der Waals surface area (Å²) in [7, 11) is 1.85. The molecular formula is C8H12N6S3. The highest BCUT2D eigenvalue weighted by atomic mass is 32.2. The zero-order chi connectivity index (χ0) is 12.1. The minimum Gasteiger partial charge on any atom is -0.224 e. The summed E-state index contributed by atoms with van der Waals surface area (Å²) < 4.78 is 9.81. The van der Waals surface area contributed by atoms with Crippen LogP contribution in [0.25, 0.3) is 0 Å². The molecule has 0 aliphatic carbocycles. The number of tetrazole rings is 1. The van der Waals surface area contributed by atoms with Crippen molar-refractivity contribution in [2.45, 2.75) is 28.8 Å². The third-order valence-corrected chi connectivity index (χ3v) is 4.72. The van der Waals surface area contributed by atoms with E-state index in [-0.39, 0.29) is 0 Å². The van der Waals surface area contributed by atoms with Gasteiger partial charge in [-0.05, 0) is 16.8 Å². The van der Waals surface area contributed by atoms with Crippen molar-refractivity contribution in [1.82, 2.24) is 29.0 Å². The molecule has 6 nitrogen and oxygen atoms in total. The molecule has 2 heterocycles. The van der Waals surface area contributed by atoms with Gasteiger partial charge in [-0.15, -0.1) is 16.9 Å². The molecule has 0 spiro atoms. The largest absolute Gasteiger partial charge is 0.224 e. The molecular weight excluding hydrogens is 276 g/mol. The molecule has 2 rings (SSSR count). The van der Waals surface area contributed by atoms with E-state index in [2.05, 4.69) is 31.2 Å². The van der Waals surface area contributed by atoms with Crippen LogP contribution in [0.2, 0.25) is 0 Å². The van der Waals surface area contributed by atoms with Crippen molar-refractivity contribution in [2.24, 2.45) is 7.05 Å². The van der Waals surface area contributed by atoms with Crippen molar-refractivity contribution < 1.29 is 0 Å². The predicted octanol–water partition coefficient (Wildman–Crippen LogP) is 1.72. The fourth-order valence-electron chi connectivity index (χ4n) is 1.11. The summed E-state index contributed by atoms with van der Waals surface area (Å²) in [5.41, 5.74) is 0. The van der Waals surface area contributed by atoms with Gasteiger partial charge >= 0.3 is 0 Å². The Morgan fingerprint density at radius 2 is 2.41 bits per heavy atom. The highest BCUT2D eigenvalue weighted by Gasteiger charge is 2.10. The Morgan fingerprint density at radius 3 is 3.06 bits per heavy atom. The van der Waals surface area contributed by atoms with Crippen LogP contribution in [0.4, 0.5) is 0 Å². The van der Waals surface area contributed by atoms with Crippen LogP contribution in [0.15, 0.2) is 16.4 Å². The normalized spacial score (nSPS) is 12.8. The first-order chi connectivity index (χ1) is 8.25. The maximum absolute atomic E-state index is 4.15. The summed E-state index contributed by atoms with van der Waals surface area (Å²) in [6.07, 6.45) is 2.89. The predicted molar refractivity (Wildman–Crippen MR) is 69.4 cm³/mol. The van der Waals surface area contributed by atoms with Crippen molar-refractivity contribution in [3.05, 3.63) is 6.20 Å². The monoisotopic (exact) mass is 288 g/mol. The van der Waals surface area contributed by atoms with Crippen LogP contribution in [0, 0.1) is 0 Å². The van der Waals surface area contributed by atoms with Crippen LogP contribution < -0.4 is 0 Å². The third-order valence-electron chi connectivity index (χ3n) is 2.00. The Kier molecular flexibility index (Phi) is 4.75. The van der Waals surface area contributed by atoms with Gasteiger partial charge < -0.3 is 0 Å². The lowest BCUT2D eigenvalue weighted by Gasteiger charge is -2.08. The van der Waals surface area contributed by atoms with Gasteiger partial charge in [-0.1, -0.05) is 18.7 Å². The molecule has 9 heteroatoms. The van der Waals surface area contributed by atoms with Crippen molar-refractivity contribution in [1.29, 1.82) is 0 Å². The maximum atomic E-state index is 4.15. The Hall–Kier alpha value is -0.670. The number of aromatic nitrogens is 6. The van der Waals surface area contributed by atoms with Crippen molar-refractivity contribution in [3.8, 4) is 0 Å². The molecule has 0 bridgehead atoms. The topological polar surface area (TPSA) is 69.4 Å². The molecule has 0 saturated heterocycles. The van der Waals surface area contributed by atoms with E-state index in [0.29, 0.717) is 5.25 Å². The number of aryl methyl sites for hydroxylation is 1. The van der Waals surface area contributed by atoms with E-state index in [1.165, 1.54) is 11.7 Å². The molecule has 0 amide bonds. The number of thioether (sulfide) groups is 2. The van der Waals surface area contributed by atoms with Crippen LogP contribution in [-0.2, 0) is 7.05 Å². The van der Waals surface area contributed by atoms with E-state index in [1.807, 2.05) is 7.05 Å². The molecule has 1 unspecified atom stereocenters. The van der Waals surface area contributed by atoms with Gasteiger partial charge in [0, 0.05) is 18.1 Å². The third kappa shape index (κ3) is 3.93. The number of hydrogen-bond donors (Lipinski definition) is 0. The van der Waals surface area contributed by atoms with Crippen molar-refractivity contribution in [3.63, 3.8) is 0 Å². The first-order valence-corrected chi connectivity index (χ1v) is 7.64. The molecule has 0 aliphatic heterocycles. The molecule has 0 aromatic carbocycles. The highest BCUT2D eigenvalue weighted by molar-refractivity contribution is 8.00. The smallest absolute Gasteiger partial charge is 0.209 e. The van der Waals surface area contributed by atoms with E-state index >= 15 is 0 Å². The van der Waals surface area contributed by atoms with Gasteiger partial charge in [-0.25, -0.2) is 4.68 Å². The first kappa shape index (κ1) is 12.8. The minimum absolute atomic E-state index is 0.485. The van der Waals surface area contributed by atoms with Crippen molar-refractivity contribution in [2.75, 3.05) is 5.75 Å². The van der Waals surface area contributed by atoms with Crippen LogP contribution >= 0.6 is 35.3 Å². The van der Waals surface area contributed by atoms with Gasteiger partial charge in [-0.2, -0.15) is 8.75 Å². The molecule has 0 saturated carbocycles. The van der Waals surface area contributed by atoms with Gasteiger partial charge in [0.15, 0.2) is 0 Å². The standard InChI is InChI=1S/C8H12N6S3/c1-6(16-8-10-12-13-14(8)2)3-4-15-7-5-9-17-11-7/h5-6H,3-4H2,1-2H3. The average molecular weight is 288 g/mol. The van der Waals surface area contributed by atoms with E-state index in [0.717, 1.165) is 22.4 Å². The Bertz CT molecular complexity index is 442. The molecule has 2 aromatic rings. The Balaban J connectivity index is 1.71. The van der Waals surface area contributed by atoms with E-state index < -0.39 is 0 Å². The van der Waals surface area contributed by atoms with Gasteiger partial charge in [-0.3, -0.25) is 0 Å². The molecule has 0 radical (unpaired) electrons. The number of rotatable bonds is 6. The van der Waals surface area contributed by atoms with Gasteiger partial charge in [0.1, 0.15) is 5.03 Å². The van der Waals surface area contributed by atoms with Crippen LogP contribution in [0.3, 0.4) is 0 Å². The summed E-state index contributed by atoms with van der Waals surface area (Å²) in [4.78, 5) is 0. The lowest BCUT2D eigenvalue weighted by Crippen LogP contribution is -2.01. The summed E-state index contributed by atoms with van der Waals surface area (Å²) in [6.45, 7) is 2.18. The Morgan fingerprint density at radius 1 is 1.53 bits per heavy atom. The molecule has 17 heavy (non-hydrogen) atoms. The molecule has 1 atom stereocenters. The molecule has 0 aliphatic rings. The SMILES string of the molecule is CC(CCSc1cnsn1)Sc1nnnn1C. The fraction of sp³-hybridized carbons (Fsp3) is 0.625. The minimum atomic E-state index is 0.485. The molecule has 0 N–H and O–H groups in total. The summed E-state index contributed by atoms with van der Waals surface area (Å²) >= 11 is 4.68. The fourth-order valence-corrected chi connectivity index (χ4v) is 3.63. The Labute approximate surface area is 112 Å². The van der Waals surface area contributed by atoms with Crippen LogP contribution in [0.1, 0.15) is 13.3 Å². The molecule has 92 valence electrons. The summed E-state index contributed by atoms with van der Waals surface area (Å²) in [6, 6.07) is 0. The maximum Gasteiger partial charge on any atom is 0.209 e.